The van der Waals surface area contributed by atoms with E-state index < -0.39 is 0 Å². The van der Waals surface area contributed by atoms with E-state index in [2.05, 4.69) is 45.0 Å². The summed E-state index contributed by atoms with van der Waals surface area (Å²) >= 11 is 0. The van der Waals surface area contributed by atoms with Crippen molar-refractivity contribution in [2.24, 2.45) is 0 Å². The van der Waals surface area contributed by atoms with E-state index in [4.69, 9.17) is 0 Å². The molecule has 0 heterocycles. The normalized spacial score (nSPS) is 10.1. The third kappa shape index (κ3) is 1.80. The minimum atomic E-state index is 0. The monoisotopic (exact) mass is 337 g/mol. The van der Waals surface area contributed by atoms with Crippen LogP contribution in [0.4, 0.5) is 0 Å². The van der Waals surface area contributed by atoms with Crippen LogP contribution in [0.1, 0.15) is 16.7 Å². The topological polar surface area (TPSA) is 0 Å². The van der Waals surface area contributed by atoms with Gasteiger partial charge in [0.25, 0.3) is 0 Å². The van der Waals surface area contributed by atoms with Gasteiger partial charge in [-0.1, -0.05) is 25.5 Å². The van der Waals surface area contributed by atoms with Gasteiger partial charge in [0, 0.05) is 25.8 Å². The average molecular weight is 336 g/mol. The van der Waals surface area contributed by atoms with Gasteiger partial charge in [0.2, 0.25) is 0 Å². The van der Waals surface area contributed by atoms with Crippen LogP contribution in [0.15, 0.2) is 24.3 Å². The van der Waals surface area contributed by atoms with Crippen molar-refractivity contribution >= 4 is 10.8 Å². The van der Waals surface area contributed by atoms with Crippen LogP contribution >= 0.6 is 0 Å². The molecule has 0 aliphatic rings. The van der Waals surface area contributed by atoms with Gasteiger partial charge in [-0.2, -0.15) is 6.07 Å². The molecule has 0 atom stereocenters. The first-order chi connectivity index (χ1) is 5.68. The summed E-state index contributed by atoms with van der Waals surface area (Å²) in [6.45, 7) is 6.49. The largest absolute Gasteiger partial charge is 0.165 e. The van der Waals surface area contributed by atoms with Crippen molar-refractivity contribution in [3.63, 3.8) is 0 Å². The molecule has 0 bridgehead atoms. The minimum absolute atomic E-state index is 0. The predicted octanol–water partition coefficient (Wildman–Crippen LogP) is 3.48. The van der Waals surface area contributed by atoms with Crippen molar-refractivity contribution in [3.8, 4) is 0 Å². The summed E-state index contributed by atoms with van der Waals surface area (Å²) in [4.78, 5) is 0. The quantitative estimate of drug-likeness (QED) is 0.511. The van der Waals surface area contributed by atoms with Crippen molar-refractivity contribution in [3.05, 3.63) is 41.0 Å². The Morgan fingerprint density at radius 1 is 1.00 bits per heavy atom. The smallest absolute Gasteiger partial charge is 0 e. The van der Waals surface area contributed by atoms with Crippen LogP contribution in [0.25, 0.3) is 10.8 Å². The molecule has 2 aromatic carbocycles. The zero-order chi connectivity index (χ0) is 8.72. The zero-order valence-corrected chi connectivity index (χ0v) is 11.9. The summed E-state index contributed by atoms with van der Waals surface area (Å²) in [6, 6.07) is 8.91. The molecule has 0 N–H and O–H groups in total. The molecule has 0 saturated heterocycles. The van der Waals surface area contributed by atoms with Gasteiger partial charge in [-0.25, -0.2) is 0 Å². The molecule has 0 saturated carbocycles. The molecule has 0 nitrogen and oxygen atoms in total. The van der Waals surface area contributed by atoms with E-state index in [1.165, 1.54) is 27.5 Å². The van der Waals surface area contributed by atoms with E-state index in [0.29, 0.717) is 0 Å². The first-order valence-corrected chi connectivity index (χ1v) is 4.32. The first-order valence-electron chi connectivity index (χ1n) is 4.32. The second-order valence-corrected chi connectivity index (χ2v) is 3.56. The Hall–Kier alpha value is -0.300. The molecule has 2 aromatic rings. The molecular formula is C12H13Hf-. The molecule has 1 heteroatoms. The Kier molecular flexibility index (Phi) is 3.18. The van der Waals surface area contributed by atoms with Crippen molar-refractivity contribution in [1.29, 1.82) is 0 Å². The number of aryl methyl sites for hydroxylation is 3. The molecule has 0 radical (unpaired) electrons. The second kappa shape index (κ2) is 3.83. The van der Waals surface area contributed by atoms with Crippen molar-refractivity contribution in [2.75, 3.05) is 0 Å². The Labute approximate surface area is 98.1 Å². The molecule has 13 heavy (non-hydrogen) atoms. The maximum absolute atomic E-state index is 2.26. The average Bonchev–Trinajstić information content (AvgIpc) is 2.41. The van der Waals surface area contributed by atoms with Crippen molar-refractivity contribution in [2.45, 2.75) is 20.8 Å². The summed E-state index contributed by atoms with van der Waals surface area (Å²) in [6.07, 6.45) is 0. The molecule has 0 fully saturated rings. The van der Waals surface area contributed by atoms with Crippen LogP contribution in [0.5, 0.6) is 0 Å². The van der Waals surface area contributed by atoms with Gasteiger partial charge in [-0.3, -0.25) is 0 Å². The summed E-state index contributed by atoms with van der Waals surface area (Å²) in [5, 5.41) is 2.82. The molecule has 0 unspecified atom stereocenters. The van der Waals surface area contributed by atoms with Gasteiger partial charge in [0.1, 0.15) is 0 Å². The van der Waals surface area contributed by atoms with Gasteiger partial charge in [0.15, 0.2) is 0 Å². The molecule has 0 amide bonds. The van der Waals surface area contributed by atoms with Gasteiger partial charge in [-0.15, -0.1) is 34.0 Å². The molecule has 0 spiro atoms. The van der Waals surface area contributed by atoms with Crippen LogP contribution in [0.3, 0.4) is 0 Å². The van der Waals surface area contributed by atoms with Crippen LogP contribution in [0.2, 0.25) is 0 Å². The standard InChI is InChI=1S/C12H13.Hf/c1-8-6-11-9(2)4-5-10(3)12(11)7-8;/h4-7H,1-3H3;/q-1;. The maximum atomic E-state index is 2.26. The first kappa shape index (κ1) is 10.8. The third-order valence-corrected chi connectivity index (χ3v) is 2.47. The van der Waals surface area contributed by atoms with Crippen molar-refractivity contribution in [1.82, 2.24) is 0 Å². The fraction of sp³-hybridized carbons (Fsp3) is 0.250. The number of fused-ring (bicyclic) bond motifs is 1. The molecular weight excluding hydrogens is 323 g/mol. The van der Waals surface area contributed by atoms with E-state index >= 15 is 0 Å². The van der Waals surface area contributed by atoms with Crippen molar-refractivity contribution < 1.29 is 25.8 Å². The van der Waals surface area contributed by atoms with E-state index in [9.17, 15) is 0 Å². The number of hydrogen-bond donors (Lipinski definition) is 0. The summed E-state index contributed by atoms with van der Waals surface area (Å²) in [5.41, 5.74) is 4.12. The number of rotatable bonds is 0. The Morgan fingerprint density at radius 2 is 1.62 bits per heavy atom. The maximum Gasteiger partial charge on any atom is 0 e. The van der Waals surface area contributed by atoms with Crippen LogP contribution in [0, 0.1) is 20.8 Å². The van der Waals surface area contributed by atoms with Gasteiger partial charge in [0.05, 0.1) is 0 Å². The van der Waals surface area contributed by atoms with E-state index in [1.54, 1.807) is 0 Å². The predicted molar refractivity (Wildman–Crippen MR) is 53.8 cm³/mol. The number of hydrogen-bond acceptors (Lipinski definition) is 0. The van der Waals surface area contributed by atoms with Gasteiger partial charge >= 0.3 is 0 Å². The fourth-order valence-corrected chi connectivity index (χ4v) is 1.73. The molecule has 0 aromatic heterocycles. The molecule has 0 aliphatic heterocycles. The zero-order valence-electron chi connectivity index (χ0n) is 8.31. The van der Waals surface area contributed by atoms with Crippen LogP contribution in [-0.2, 0) is 25.8 Å². The van der Waals surface area contributed by atoms with Crippen LogP contribution < -0.4 is 0 Å². The second-order valence-electron chi connectivity index (χ2n) is 3.56. The summed E-state index contributed by atoms with van der Waals surface area (Å²) in [7, 11) is 0. The summed E-state index contributed by atoms with van der Waals surface area (Å²) in [5.74, 6) is 0. The fourth-order valence-electron chi connectivity index (χ4n) is 1.73. The Morgan fingerprint density at radius 3 is 2.23 bits per heavy atom. The van der Waals surface area contributed by atoms with Crippen LogP contribution in [-0.4, -0.2) is 0 Å². The van der Waals surface area contributed by atoms with E-state index in [0.717, 1.165) is 0 Å². The van der Waals surface area contributed by atoms with E-state index in [1.807, 2.05) is 0 Å². The molecule has 0 aliphatic carbocycles. The van der Waals surface area contributed by atoms with Gasteiger partial charge in [-0.05, 0) is 6.92 Å². The Balaban J connectivity index is 0.000000845. The third-order valence-electron chi connectivity index (χ3n) is 2.47. The van der Waals surface area contributed by atoms with Gasteiger partial charge < -0.3 is 0 Å². The summed E-state index contributed by atoms with van der Waals surface area (Å²) < 4.78 is 0. The molecule has 2 rings (SSSR count). The van der Waals surface area contributed by atoms with E-state index in [-0.39, 0.29) is 25.8 Å². The molecule has 66 valence electrons. The minimum Gasteiger partial charge on any atom is -0.165 e. The SMILES string of the molecule is Cc1cc2c(C)ccc(C)c2[cH-]1.[Hf]. The Bertz CT molecular complexity index is 385. The number of benzene rings is 1.